The van der Waals surface area contributed by atoms with Crippen molar-refractivity contribution in [2.45, 2.75) is 20.3 Å². The third-order valence-electron chi connectivity index (χ3n) is 4.19. The Bertz CT molecular complexity index is 928. The maximum atomic E-state index is 12.3. The predicted octanol–water partition coefficient (Wildman–Crippen LogP) is 5.38. The maximum absolute atomic E-state index is 12.3. The molecule has 2 amide bonds. The van der Waals surface area contributed by atoms with Crippen molar-refractivity contribution in [1.82, 2.24) is 0 Å². The zero-order valence-corrected chi connectivity index (χ0v) is 18.9. The van der Waals surface area contributed by atoms with E-state index in [0.717, 1.165) is 6.42 Å². The fraction of sp³-hybridized carbons (Fsp3) is 0.304. The zero-order chi connectivity index (χ0) is 22.8. The zero-order valence-electron chi connectivity index (χ0n) is 18.1. The van der Waals surface area contributed by atoms with Crippen molar-refractivity contribution in [3.05, 3.63) is 53.1 Å². The van der Waals surface area contributed by atoms with Crippen LogP contribution in [-0.2, 0) is 9.53 Å². The Morgan fingerprint density at radius 2 is 1.87 bits per heavy atom. The van der Waals surface area contributed by atoms with Crippen LogP contribution >= 0.6 is 11.6 Å². The highest BCUT2D eigenvalue weighted by Gasteiger charge is 2.12. The van der Waals surface area contributed by atoms with Gasteiger partial charge in [0, 0.05) is 24.5 Å². The van der Waals surface area contributed by atoms with Gasteiger partial charge in [-0.05, 0) is 61.4 Å². The van der Waals surface area contributed by atoms with Gasteiger partial charge in [0.2, 0.25) is 5.91 Å². The first-order chi connectivity index (χ1) is 14.9. The molecule has 0 aliphatic heterocycles. The Hall–Kier alpha value is -3.19. The van der Waals surface area contributed by atoms with Gasteiger partial charge in [0.25, 0.3) is 0 Å². The molecule has 2 aromatic carbocycles. The van der Waals surface area contributed by atoms with E-state index in [9.17, 15) is 9.59 Å². The Labute approximate surface area is 187 Å². The summed E-state index contributed by atoms with van der Waals surface area (Å²) in [6.45, 7) is 4.58. The second kappa shape index (κ2) is 11.9. The summed E-state index contributed by atoms with van der Waals surface area (Å²) in [5.41, 5.74) is 1.95. The third-order valence-corrected chi connectivity index (χ3v) is 4.47. The first-order valence-corrected chi connectivity index (χ1v) is 10.3. The van der Waals surface area contributed by atoms with Gasteiger partial charge in [0.15, 0.2) is 11.5 Å². The molecule has 31 heavy (non-hydrogen) atoms. The Morgan fingerprint density at radius 1 is 1.16 bits per heavy atom. The van der Waals surface area contributed by atoms with Crippen LogP contribution in [-0.4, -0.2) is 39.4 Å². The molecule has 7 nitrogen and oxygen atoms in total. The highest BCUT2D eigenvalue weighted by molar-refractivity contribution is 6.32. The normalized spacial score (nSPS) is 10.6. The number of hydrogen-bond acceptors (Lipinski definition) is 5. The van der Waals surface area contributed by atoms with E-state index in [1.807, 2.05) is 6.92 Å². The van der Waals surface area contributed by atoms with E-state index < -0.39 is 6.09 Å². The van der Waals surface area contributed by atoms with Gasteiger partial charge in [-0.3, -0.25) is 9.69 Å². The molecule has 0 atom stereocenters. The van der Waals surface area contributed by atoms with Gasteiger partial charge in [-0.15, -0.1) is 0 Å². The predicted molar refractivity (Wildman–Crippen MR) is 123 cm³/mol. The van der Waals surface area contributed by atoms with Crippen LogP contribution in [0.1, 0.15) is 25.8 Å². The van der Waals surface area contributed by atoms with Crippen LogP contribution in [0.4, 0.5) is 16.2 Å². The lowest BCUT2D eigenvalue weighted by Crippen LogP contribution is -2.26. The molecule has 0 unspecified atom stereocenters. The van der Waals surface area contributed by atoms with Gasteiger partial charge in [0.05, 0.1) is 25.3 Å². The van der Waals surface area contributed by atoms with Crippen molar-refractivity contribution in [2.24, 2.45) is 0 Å². The van der Waals surface area contributed by atoms with Crippen LogP contribution in [0.15, 0.2) is 42.5 Å². The molecule has 8 heteroatoms. The number of amides is 2. The first kappa shape index (κ1) is 24.1. The minimum atomic E-state index is -0.442. The number of methoxy groups -OCH3 is 1. The number of benzene rings is 2. The van der Waals surface area contributed by atoms with Crippen molar-refractivity contribution in [1.29, 1.82) is 0 Å². The van der Waals surface area contributed by atoms with Crippen molar-refractivity contribution in [3.8, 4) is 11.5 Å². The Morgan fingerprint density at radius 3 is 2.48 bits per heavy atom. The van der Waals surface area contributed by atoms with Crippen molar-refractivity contribution >= 4 is 41.1 Å². The number of anilines is 2. The van der Waals surface area contributed by atoms with Gasteiger partial charge < -0.3 is 19.5 Å². The number of hydrogen-bond donors (Lipinski definition) is 1. The summed E-state index contributed by atoms with van der Waals surface area (Å²) in [6, 6.07) is 10.3. The molecule has 166 valence electrons. The number of halogens is 1. The average molecular weight is 447 g/mol. The fourth-order valence-corrected chi connectivity index (χ4v) is 2.90. The van der Waals surface area contributed by atoms with Gasteiger partial charge in [0.1, 0.15) is 0 Å². The second-order valence-electron chi connectivity index (χ2n) is 6.51. The van der Waals surface area contributed by atoms with E-state index in [4.69, 9.17) is 25.8 Å². The number of nitrogens with zero attached hydrogens (tertiary/aromatic N) is 1. The smallest absolute Gasteiger partial charge is 0.413 e. The molecule has 1 N–H and O–H groups in total. The minimum absolute atomic E-state index is 0.301. The molecule has 2 rings (SSSR count). The Kier molecular flexibility index (Phi) is 9.21. The van der Waals surface area contributed by atoms with Crippen molar-refractivity contribution < 1.29 is 23.8 Å². The Balaban J connectivity index is 2.04. The summed E-state index contributed by atoms with van der Waals surface area (Å²) in [5, 5.41) is 3.18. The molecule has 2 aromatic rings. The molecule has 0 bridgehead atoms. The molecule has 0 aliphatic rings. The number of carbonyl (C=O) groups excluding carboxylic acids is 2. The molecule has 0 heterocycles. The maximum Gasteiger partial charge on any atom is 0.413 e. The summed E-state index contributed by atoms with van der Waals surface area (Å²) in [6.07, 6.45) is 3.44. The topological polar surface area (TPSA) is 77.1 Å². The molecule has 0 fully saturated rings. The summed E-state index contributed by atoms with van der Waals surface area (Å²) in [7, 11) is 3.15. The second-order valence-corrected chi connectivity index (χ2v) is 6.92. The summed E-state index contributed by atoms with van der Waals surface area (Å²) in [5.74, 6) is 0.677. The van der Waals surface area contributed by atoms with Crippen molar-refractivity contribution in [3.63, 3.8) is 0 Å². The van der Waals surface area contributed by atoms with Crippen molar-refractivity contribution in [2.75, 3.05) is 37.6 Å². The standard InChI is InChI=1S/C23H27ClN2O5/c1-5-13-31-22-19(24)14-16(15-20(22)29-4)7-12-21(27)25-17-8-10-18(11-9-17)26(3)23(28)30-6-2/h7-12,14-15H,5-6,13H2,1-4H3,(H,25,27). The van der Waals surface area contributed by atoms with E-state index in [2.05, 4.69) is 5.32 Å². The molecule has 0 spiro atoms. The van der Waals surface area contributed by atoms with E-state index in [0.29, 0.717) is 46.7 Å². The highest BCUT2D eigenvalue weighted by atomic mass is 35.5. The number of ether oxygens (including phenoxy) is 3. The number of carbonyl (C=O) groups is 2. The monoisotopic (exact) mass is 446 g/mol. The minimum Gasteiger partial charge on any atom is -0.493 e. The lowest BCUT2D eigenvalue weighted by molar-refractivity contribution is -0.111. The van der Waals surface area contributed by atoms with Gasteiger partial charge >= 0.3 is 6.09 Å². The number of nitrogens with one attached hydrogen (secondary N) is 1. The molecular weight excluding hydrogens is 420 g/mol. The van der Waals surface area contributed by atoms with Gasteiger partial charge in [-0.25, -0.2) is 4.79 Å². The summed E-state index contributed by atoms with van der Waals surface area (Å²) < 4.78 is 15.9. The highest BCUT2D eigenvalue weighted by Crippen LogP contribution is 2.36. The SMILES string of the molecule is CCCOc1c(Cl)cc(C=CC(=O)Nc2ccc(N(C)C(=O)OCC)cc2)cc1OC. The number of rotatable bonds is 9. The van der Waals surface area contributed by atoms with Gasteiger partial charge in [-0.1, -0.05) is 18.5 Å². The van der Waals surface area contributed by atoms with Crippen LogP contribution in [0.5, 0.6) is 11.5 Å². The van der Waals surface area contributed by atoms with Crippen LogP contribution in [0, 0.1) is 0 Å². The van der Waals surface area contributed by atoms with Gasteiger partial charge in [-0.2, -0.15) is 0 Å². The van der Waals surface area contributed by atoms with Crippen LogP contribution in [0.2, 0.25) is 5.02 Å². The first-order valence-electron chi connectivity index (χ1n) is 9.89. The summed E-state index contributed by atoms with van der Waals surface area (Å²) >= 11 is 6.30. The fourth-order valence-electron chi connectivity index (χ4n) is 2.63. The molecule has 0 saturated carbocycles. The largest absolute Gasteiger partial charge is 0.493 e. The third kappa shape index (κ3) is 6.93. The van der Waals surface area contributed by atoms with E-state index >= 15 is 0 Å². The quantitative estimate of drug-likeness (QED) is 0.523. The molecule has 0 aromatic heterocycles. The molecular formula is C23H27ClN2O5. The molecule has 0 aliphatic carbocycles. The van der Waals surface area contributed by atoms with Crippen LogP contribution in [0.3, 0.4) is 0 Å². The summed E-state index contributed by atoms with van der Waals surface area (Å²) in [4.78, 5) is 25.4. The molecule has 0 saturated heterocycles. The van der Waals surface area contributed by atoms with E-state index in [-0.39, 0.29) is 5.91 Å². The van der Waals surface area contributed by atoms with E-state index in [1.165, 1.54) is 18.1 Å². The van der Waals surface area contributed by atoms with Crippen LogP contribution < -0.4 is 19.7 Å². The molecule has 0 radical (unpaired) electrons. The van der Waals surface area contributed by atoms with Crippen LogP contribution in [0.25, 0.3) is 6.08 Å². The average Bonchev–Trinajstić information content (AvgIpc) is 2.76. The lowest BCUT2D eigenvalue weighted by Gasteiger charge is -2.16. The lowest BCUT2D eigenvalue weighted by atomic mass is 10.2. The van der Waals surface area contributed by atoms with E-state index in [1.54, 1.807) is 56.4 Å².